The summed E-state index contributed by atoms with van der Waals surface area (Å²) in [6, 6.07) is 1.43. The van der Waals surface area contributed by atoms with E-state index in [-0.39, 0.29) is 23.4 Å². The number of carboxylic acids is 1. The van der Waals surface area contributed by atoms with Crippen LogP contribution in [0.2, 0.25) is 0 Å². The van der Waals surface area contributed by atoms with Crippen molar-refractivity contribution in [1.29, 1.82) is 5.26 Å². The molecule has 1 saturated heterocycles. The molecule has 0 saturated carbocycles. The van der Waals surface area contributed by atoms with E-state index in [9.17, 15) is 14.7 Å². The lowest BCUT2D eigenvalue weighted by molar-refractivity contribution is -0.147. The number of imidazole rings is 1. The predicted octanol–water partition coefficient (Wildman–Crippen LogP) is -0.174. The van der Waals surface area contributed by atoms with Gasteiger partial charge in [0, 0.05) is 18.6 Å². The number of aromatic amines is 1. The summed E-state index contributed by atoms with van der Waals surface area (Å²) in [5, 5.41) is 32.8. The summed E-state index contributed by atoms with van der Waals surface area (Å²) in [4.78, 5) is 32.9. The van der Waals surface area contributed by atoms with Gasteiger partial charge in [-0.05, 0) is 16.0 Å². The van der Waals surface area contributed by atoms with Gasteiger partial charge in [0.25, 0.3) is 5.91 Å². The SMILES string of the molecule is Cn1nnnc1SCC1=C(C(=O)O)N2C(=O)C(Nc3ncc(CC#N)[nH]3)[C@@H]2SC1. The Labute approximate surface area is 172 Å². The summed E-state index contributed by atoms with van der Waals surface area (Å²) in [6.45, 7) is 0. The summed E-state index contributed by atoms with van der Waals surface area (Å²) in [7, 11) is 1.70. The lowest BCUT2D eigenvalue weighted by Crippen LogP contribution is -2.67. The second kappa shape index (κ2) is 7.76. The number of H-pyrrole nitrogens is 1. The highest BCUT2D eigenvalue weighted by molar-refractivity contribution is 8.01. The van der Waals surface area contributed by atoms with Gasteiger partial charge in [-0.25, -0.2) is 14.5 Å². The molecule has 14 heteroatoms. The third kappa shape index (κ3) is 3.54. The first-order valence-corrected chi connectivity index (χ1v) is 10.5. The van der Waals surface area contributed by atoms with Gasteiger partial charge in [0.1, 0.15) is 17.1 Å². The number of nitriles is 1. The lowest BCUT2D eigenvalue weighted by Gasteiger charge is -2.49. The molecule has 1 amide bonds. The number of carbonyl (C=O) groups is 2. The van der Waals surface area contributed by atoms with Crippen molar-refractivity contribution >= 4 is 41.3 Å². The smallest absolute Gasteiger partial charge is 0.352 e. The molecule has 1 fully saturated rings. The van der Waals surface area contributed by atoms with Crippen molar-refractivity contribution < 1.29 is 14.7 Å². The number of aromatic nitrogens is 6. The molecule has 1 unspecified atom stereocenters. The Bertz CT molecular complexity index is 1040. The first kappa shape index (κ1) is 19.3. The van der Waals surface area contributed by atoms with E-state index in [2.05, 4.69) is 30.8 Å². The Hall–Kier alpha value is -3.05. The number of nitrogens with zero attached hydrogens (tertiary/aromatic N) is 7. The van der Waals surface area contributed by atoms with Gasteiger partial charge in [0.15, 0.2) is 0 Å². The van der Waals surface area contributed by atoms with Gasteiger partial charge in [-0.2, -0.15) is 5.26 Å². The summed E-state index contributed by atoms with van der Waals surface area (Å²) < 4.78 is 1.50. The number of carboxylic acid groups (broad SMARTS) is 1. The Balaban J connectivity index is 1.49. The number of tetrazole rings is 1. The standard InChI is InChI=1S/C15H15N9O3S2/c1-23-15(20-21-22-23)29-6-7-5-28-12-9(11(25)24(12)10(7)13(26)27)19-14-17-4-8(18-14)2-3-16/h4,9,12H,2,5-6H2,1H3,(H,26,27)(H2,17,18,19)/t9?,12-/m0/s1. The second-order valence-electron chi connectivity index (χ2n) is 6.25. The number of β-lactam (4-membered cyclic amide) rings is 1. The maximum atomic E-state index is 12.7. The highest BCUT2D eigenvalue weighted by Crippen LogP contribution is 2.42. The van der Waals surface area contributed by atoms with Crippen LogP contribution in [0, 0.1) is 11.3 Å². The number of hydrogen-bond donors (Lipinski definition) is 3. The first-order chi connectivity index (χ1) is 14.0. The zero-order valence-electron chi connectivity index (χ0n) is 15.1. The zero-order valence-corrected chi connectivity index (χ0v) is 16.7. The molecule has 2 aliphatic rings. The van der Waals surface area contributed by atoms with Crippen LogP contribution >= 0.6 is 23.5 Å². The number of rotatable bonds is 7. The molecule has 2 aliphatic heterocycles. The second-order valence-corrected chi connectivity index (χ2v) is 8.30. The van der Waals surface area contributed by atoms with E-state index in [4.69, 9.17) is 5.26 Å². The highest BCUT2D eigenvalue weighted by atomic mass is 32.2. The lowest BCUT2D eigenvalue weighted by atomic mass is 10.0. The van der Waals surface area contributed by atoms with E-state index in [0.29, 0.717) is 33.9 Å². The molecular weight excluding hydrogens is 418 g/mol. The number of hydrogen-bond acceptors (Lipinski definition) is 10. The third-order valence-electron chi connectivity index (χ3n) is 4.40. The molecule has 4 rings (SSSR count). The molecule has 0 bridgehead atoms. The van der Waals surface area contributed by atoms with Crippen LogP contribution in [0.15, 0.2) is 22.6 Å². The number of nitrogens with one attached hydrogen (secondary N) is 2. The predicted molar refractivity (Wildman–Crippen MR) is 103 cm³/mol. The van der Waals surface area contributed by atoms with Gasteiger partial charge in [-0.1, -0.05) is 11.8 Å². The Morgan fingerprint density at radius 1 is 1.59 bits per heavy atom. The Kier molecular flexibility index (Phi) is 5.16. The summed E-state index contributed by atoms with van der Waals surface area (Å²) in [5.74, 6) is -0.244. The molecule has 0 spiro atoms. The minimum Gasteiger partial charge on any atom is -0.477 e. The molecule has 2 aromatic heterocycles. The average Bonchev–Trinajstić information content (AvgIpc) is 3.32. The van der Waals surface area contributed by atoms with E-state index in [1.54, 1.807) is 7.05 Å². The van der Waals surface area contributed by atoms with Gasteiger partial charge in [-0.15, -0.1) is 16.9 Å². The minimum absolute atomic E-state index is 0.0176. The molecule has 12 nitrogen and oxygen atoms in total. The topological polar surface area (TPSA) is 166 Å². The fraction of sp³-hybridized carbons (Fsp3) is 0.400. The van der Waals surface area contributed by atoms with Crippen molar-refractivity contribution in [2.45, 2.75) is 23.0 Å². The van der Waals surface area contributed by atoms with Crippen LogP contribution in [0.1, 0.15) is 5.69 Å². The number of amides is 1. The Morgan fingerprint density at radius 3 is 3.10 bits per heavy atom. The molecule has 0 radical (unpaired) electrons. The molecule has 2 aromatic rings. The number of carbonyl (C=O) groups excluding carboxylic acids is 1. The van der Waals surface area contributed by atoms with Crippen molar-refractivity contribution in [3.8, 4) is 6.07 Å². The van der Waals surface area contributed by atoms with E-state index < -0.39 is 12.0 Å². The van der Waals surface area contributed by atoms with Crippen LogP contribution in [0.4, 0.5) is 5.95 Å². The largest absolute Gasteiger partial charge is 0.477 e. The van der Waals surface area contributed by atoms with Crippen LogP contribution in [0.25, 0.3) is 0 Å². The van der Waals surface area contributed by atoms with E-state index >= 15 is 0 Å². The number of aryl methyl sites for hydroxylation is 1. The van der Waals surface area contributed by atoms with Crippen LogP contribution < -0.4 is 5.32 Å². The molecule has 4 heterocycles. The van der Waals surface area contributed by atoms with E-state index in [1.165, 1.54) is 39.3 Å². The summed E-state index contributed by atoms with van der Waals surface area (Å²) in [5.41, 5.74) is 1.30. The average molecular weight is 433 g/mol. The highest BCUT2D eigenvalue weighted by Gasteiger charge is 2.53. The summed E-state index contributed by atoms with van der Waals surface area (Å²) >= 11 is 2.81. The maximum Gasteiger partial charge on any atom is 0.352 e. The number of aliphatic carboxylic acids is 1. The van der Waals surface area contributed by atoms with Crippen molar-refractivity contribution in [1.82, 2.24) is 35.1 Å². The van der Waals surface area contributed by atoms with Crippen LogP contribution in [0.3, 0.4) is 0 Å². The fourth-order valence-corrected chi connectivity index (χ4v) is 5.38. The number of fused-ring (bicyclic) bond motifs is 1. The molecule has 0 aromatic carbocycles. The van der Waals surface area contributed by atoms with Crippen molar-refractivity contribution in [3.05, 3.63) is 23.2 Å². The van der Waals surface area contributed by atoms with Crippen LogP contribution in [0.5, 0.6) is 0 Å². The molecular formula is C15H15N9O3S2. The molecule has 3 N–H and O–H groups in total. The van der Waals surface area contributed by atoms with Crippen molar-refractivity contribution in [2.24, 2.45) is 7.05 Å². The van der Waals surface area contributed by atoms with Gasteiger partial charge in [-0.3, -0.25) is 9.69 Å². The van der Waals surface area contributed by atoms with Crippen molar-refractivity contribution in [3.63, 3.8) is 0 Å². The van der Waals surface area contributed by atoms with Crippen LogP contribution in [-0.4, -0.2) is 75.0 Å². The monoisotopic (exact) mass is 433 g/mol. The maximum absolute atomic E-state index is 12.7. The van der Waals surface area contributed by atoms with E-state index in [0.717, 1.165) is 0 Å². The van der Waals surface area contributed by atoms with Gasteiger partial charge < -0.3 is 15.4 Å². The minimum atomic E-state index is -1.14. The van der Waals surface area contributed by atoms with E-state index in [1.807, 2.05) is 6.07 Å². The molecule has 150 valence electrons. The third-order valence-corrected chi connectivity index (χ3v) is 6.83. The molecule has 29 heavy (non-hydrogen) atoms. The molecule has 0 aliphatic carbocycles. The quantitative estimate of drug-likeness (QED) is 0.392. The van der Waals surface area contributed by atoms with Crippen molar-refractivity contribution in [2.75, 3.05) is 16.8 Å². The number of thioether (sulfide) groups is 2. The normalized spacial score (nSPS) is 20.8. The van der Waals surface area contributed by atoms with Crippen LogP contribution in [-0.2, 0) is 23.1 Å². The first-order valence-electron chi connectivity index (χ1n) is 8.42. The van der Waals surface area contributed by atoms with Gasteiger partial charge in [0.05, 0.1) is 24.4 Å². The summed E-state index contributed by atoms with van der Waals surface area (Å²) in [6.07, 6.45) is 1.71. The number of anilines is 1. The molecule has 2 atom stereocenters. The fourth-order valence-electron chi connectivity index (χ4n) is 3.04. The van der Waals surface area contributed by atoms with Gasteiger partial charge >= 0.3 is 5.97 Å². The Morgan fingerprint density at radius 2 is 2.41 bits per heavy atom. The zero-order chi connectivity index (χ0) is 20.5. The van der Waals surface area contributed by atoms with Gasteiger partial charge in [0.2, 0.25) is 11.1 Å².